The second-order valence-corrected chi connectivity index (χ2v) is 2.72. The Morgan fingerprint density at radius 1 is 1.87 bits per heavy atom. The number of nitrogens with one attached hydrogen (secondary N) is 1. The number of rotatable bonds is 2. The van der Waals surface area contributed by atoms with Gasteiger partial charge in [0.15, 0.2) is 10.9 Å². The highest BCUT2D eigenvalue weighted by Gasteiger charge is 2.14. The lowest BCUT2D eigenvalue weighted by atomic mass is 10.6. The van der Waals surface area contributed by atoms with E-state index < -0.39 is 5.03 Å². The SMILES string of the molecule is CNC(=N[N+](=O)[O-])N(C)c1cnn(Cl)n1. The number of hydrogen-bond donors (Lipinski definition) is 1. The first-order chi connectivity index (χ1) is 7.04. The first kappa shape index (κ1) is 11.2. The zero-order valence-electron chi connectivity index (χ0n) is 7.96. The molecule has 1 N–H and O–H groups in total. The summed E-state index contributed by atoms with van der Waals surface area (Å²) in [6.07, 6.45) is 1.35. The molecular weight excluding hydrogens is 226 g/mol. The number of halogens is 1. The van der Waals surface area contributed by atoms with Gasteiger partial charge in [-0.1, -0.05) is 4.32 Å². The standard InChI is InChI=1S/C5H8ClN7O2/c1-7-5(10-13(14)15)11(2)4-3-8-12(6)9-4/h3H,1-2H3,(H,7,10). The van der Waals surface area contributed by atoms with Crippen LogP contribution >= 0.6 is 11.8 Å². The van der Waals surface area contributed by atoms with Crippen LogP contribution in [0.2, 0.25) is 0 Å². The van der Waals surface area contributed by atoms with Crippen LogP contribution in [-0.2, 0) is 0 Å². The molecule has 0 spiro atoms. The van der Waals surface area contributed by atoms with Crippen LogP contribution in [0.1, 0.15) is 0 Å². The minimum Gasteiger partial charge on any atom is -0.354 e. The second kappa shape index (κ2) is 4.55. The molecule has 0 aliphatic rings. The van der Waals surface area contributed by atoms with E-state index in [9.17, 15) is 10.1 Å². The van der Waals surface area contributed by atoms with Gasteiger partial charge in [0.2, 0.25) is 0 Å². The van der Waals surface area contributed by atoms with Crippen molar-refractivity contribution in [3.63, 3.8) is 0 Å². The van der Waals surface area contributed by atoms with Gasteiger partial charge in [-0.05, 0) is 0 Å². The van der Waals surface area contributed by atoms with Crippen LogP contribution in [-0.4, -0.2) is 39.6 Å². The van der Waals surface area contributed by atoms with E-state index in [0.717, 1.165) is 4.32 Å². The van der Waals surface area contributed by atoms with Crippen molar-refractivity contribution < 1.29 is 5.03 Å². The van der Waals surface area contributed by atoms with E-state index in [2.05, 4.69) is 20.6 Å². The summed E-state index contributed by atoms with van der Waals surface area (Å²) < 4.78 is 0.825. The maximum absolute atomic E-state index is 10.2. The fourth-order valence-electron chi connectivity index (χ4n) is 0.860. The fraction of sp³-hybridized carbons (Fsp3) is 0.400. The number of hydrazone groups is 1. The lowest BCUT2D eigenvalue weighted by Gasteiger charge is -2.13. The van der Waals surface area contributed by atoms with Gasteiger partial charge in [-0.25, -0.2) is 10.1 Å². The third-order valence-electron chi connectivity index (χ3n) is 1.51. The van der Waals surface area contributed by atoms with Crippen LogP contribution in [0.5, 0.6) is 0 Å². The van der Waals surface area contributed by atoms with E-state index in [0.29, 0.717) is 5.82 Å². The predicted molar refractivity (Wildman–Crippen MR) is 53.2 cm³/mol. The summed E-state index contributed by atoms with van der Waals surface area (Å²) in [5, 5.41) is 22.4. The summed E-state index contributed by atoms with van der Waals surface area (Å²) in [5.74, 6) is 0.358. The molecule has 0 unspecified atom stereocenters. The number of anilines is 1. The summed E-state index contributed by atoms with van der Waals surface area (Å²) in [5.41, 5.74) is 0. The van der Waals surface area contributed by atoms with Crippen molar-refractivity contribution >= 4 is 23.6 Å². The van der Waals surface area contributed by atoms with Gasteiger partial charge in [0.25, 0.3) is 5.96 Å². The van der Waals surface area contributed by atoms with E-state index in [4.69, 9.17) is 11.8 Å². The number of aromatic nitrogens is 3. The van der Waals surface area contributed by atoms with Crippen molar-refractivity contribution in [3.8, 4) is 0 Å². The number of guanidine groups is 1. The quantitative estimate of drug-likeness (QED) is 0.319. The average molecular weight is 234 g/mol. The topological polar surface area (TPSA) is 101 Å². The second-order valence-electron chi connectivity index (χ2n) is 2.41. The smallest absolute Gasteiger partial charge is 0.276 e. The number of nitrogens with zero attached hydrogens (tertiary/aromatic N) is 6. The van der Waals surface area contributed by atoms with Crippen molar-refractivity contribution in [2.24, 2.45) is 5.10 Å². The lowest BCUT2D eigenvalue weighted by molar-refractivity contribution is -0.485. The minimum absolute atomic E-state index is 0.0252. The Morgan fingerprint density at radius 3 is 2.93 bits per heavy atom. The first-order valence-corrected chi connectivity index (χ1v) is 4.11. The first-order valence-electron chi connectivity index (χ1n) is 3.77. The maximum Gasteiger partial charge on any atom is 0.276 e. The minimum atomic E-state index is -0.812. The highest BCUT2D eigenvalue weighted by atomic mass is 35.5. The Kier molecular flexibility index (Phi) is 3.39. The summed E-state index contributed by atoms with van der Waals surface area (Å²) in [6.45, 7) is 0. The van der Waals surface area contributed by atoms with Gasteiger partial charge in [0.1, 0.15) is 5.10 Å². The Labute approximate surface area is 89.6 Å². The van der Waals surface area contributed by atoms with Crippen molar-refractivity contribution in [1.29, 1.82) is 0 Å². The van der Waals surface area contributed by atoms with Crippen LogP contribution in [0, 0.1) is 10.1 Å². The Bertz CT molecular complexity index is 388. The zero-order chi connectivity index (χ0) is 11.4. The normalized spacial score (nSPS) is 11.3. The molecular formula is C5H8ClN7O2. The highest BCUT2D eigenvalue weighted by molar-refractivity contribution is 6.14. The number of nitro groups is 1. The molecule has 0 saturated heterocycles. The van der Waals surface area contributed by atoms with Crippen LogP contribution < -0.4 is 10.2 Å². The molecule has 0 bridgehead atoms. The van der Waals surface area contributed by atoms with Crippen molar-refractivity contribution in [2.45, 2.75) is 0 Å². The molecule has 0 radical (unpaired) electrons. The molecule has 0 aliphatic heterocycles. The van der Waals surface area contributed by atoms with Crippen molar-refractivity contribution in [2.75, 3.05) is 19.0 Å². The van der Waals surface area contributed by atoms with Crippen LogP contribution in [0.25, 0.3) is 0 Å². The third-order valence-corrected chi connectivity index (χ3v) is 1.68. The molecule has 1 rings (SSSR count). The average Bonchev–Trinajstić information content (AvgIpc) is 2.60. The van der Waals surface area contributed by atoms with Crippen molar-refractivity contribution in [1.82, 2.24) is 19.8 Å². The highest BCUT2D eigenvalue weighted by Crippen LogP contribution is 2.06. The monoisotopic (exact) mass is 233 g/mol. The molecule has 0 atom stereocenters. The van der Waals surface area contributed by atoms with E-state index >= 15 is 0 Å². The van der Waals surface area contributed by atoms with Gasteiger partial charge < -0.3 is 5.32 Å². The third kappa shape index (κ3) is 2.77. The molecule has 10 heteroatoms. The van der Waals surface area contributed by atoms with Gasteiger partial charge in [0.05, 0.1) is 18.0 Å². The summed E-state index contributed by atoms with van der Waals surface area (Å²) in [7, 11) is 3.05. The predicted octanol–water partition coefficient (Wildman–Crippen LogP) is -0.517. The Balaban J connectivity index is 2.91. The summed E-state index contributed by atoms with van der Waals surface area (Å²) >= 11 is 5.43. The summed E-state index contributed by atoms with van der Waals surface area (Å²) in [4.78, 5) is 11.5. The van der Waals surface area contributed by atoms with E-state index in [-0.39, 0.29) is 5.96 Å². The van der Waals surface area contributed by atoms with Crippen LogP contribution in [0.15, 0.2) is 11.3 Å². The van der Waals surface area contributed by atoms with E-state index in [1.165, 1.54) is 18.1 Å². The molecule has 15 heavy (non-hydrogen) atoms. The lowest BCUT2D eigenvalue weighted by Crippen LogP contribution is -2.37. The molecule has 0 saturated carbocycles. The molecule has 82 valence electrons. The molecule has 1 aromatic rings. The molecule has 0 aliphatic carbocycles. The van der Waals surface area contributed by atoms with Crippen LogP contribution in [0.4, 0.5) is 5.82 Å². The van der Waals surface area contributed by atoms with Crippen LogP contribution in [0.3, 0.4) is 0 Å². The van der Waals surface area contributed by atoms with Gasteiger partial charge in [-0.2, -0.15) is 0 Å². The van der Waals surface area contributed by atoms with Gasteiger partial charge in [-0.3, -0.25) is 4.90 Å². The van der Waals surface area contributed by atoms with Gasteiger partial charge in [-0.15, -0.1) is 10.2 Å². The molecule has 1 aromatic heterocycles. The molecule has 0 amide bonds. The van der Waals surface area contributed by atoms with E-state index in [1.807, 2.05) is 0 Å². The fourth-order valence-corrected chi connectivity index (χ4v) is 0.981. The van der Waals surface area contributed by atoms with Gasteiger partial charge >= 0.3 is 0 Å². The van der Waals surface area contributed by atoms with Crippen molar-refractivity contribution in [3.05, 3.63) is 16.3 Å². The maximum atomic E-state index is 10.2. The zero-order valence-corrected chi connectivity index (χ0v) is 8.71. The molecule has 0 aromatic carbocycles. The summed E-state index contributed by atoms with van der Waals surface area (Å²) in [6, 6.07) is 0. The Morgan fingerprint density at radius 2 is 2.53 bits per heavy atom. The molecule has 1 heterocycles. The Hall–Kier alpha value is -1.90. The van der Waals surface area contributed by atoms with Gasteiger partial charge in [0, 0.05) is 14.1 Å². The van der Waals surface area contributed by atoms with E-state index in [1.54, 1.807) is 7.05 Å². The number of hydrogen-bond acceptors (Lipinski definition) is 4. The molecule has 0 fully saturated rings. The molecule has 9 nitrogen and oxygen atoms in total. The largest absolute Gasteiger partial charge is 0.354 e.